The van der Waals surface area contributed by atoms with Gasteiger partial charge in [-0.25, -0.2) is 23.5 Å². The van der Waals surface area contributed by atoms with Crippen LogP contribution < -0.4 is 10.0 Å². The van der Waals surface area contributed by atoms with Gasteiger partial charge in [-0.2, -0.15) is 0 Å². The minimum atomic E-state index is -3.82. The number of nitrogens with zero attached hydrogens (tertiary/aromatic N) is 4. The zero-order valence-corrected chi connectivity index (χ0v) is 15.6. The molecule has 27 heavy (non-hydrogen) atoms. The molecule has 1 aromatic carbocycles. The van der Waals surface area contributed by atoms with Crippen LogP contribution >= 0.6 is 0 Å². The highest BCUT2D eigenvalue weighted by Crippen LogP contribution is 2.27. The summed E-state index contributed by atoms with van der Waals surface area (Å²) in [4.78, 5) is 10.8. The third-order valence-electron chi connectivity index (χ3n) is 4.83. The Kier molecular flexibility index (Phi) is 4.67. The molecule has 8 heteroatoms. The fourth-order valence-electron chi connectivity index (χ4n) is 3.48. The van der Waals surface area contributed by atoms with E-state index in [1.165, 1.54) is 17.3 Å². The summed E-state index contributed by atoms with van der Waals surface area (Å²) in [5, 5.41) is 5.34. The van der Waals surface area contributed by atoms with Crippen LogP contribution in [0.5, 0.6) is 0 Å². The molecular formula is C19H21N5O2S. The number of pyridine rings is 1. The van der Waals surface area contributed by atoms with Crippen molar-refractivity contribution in [3.05, 3.63) is 71.9 Å². The van der Waals surface area contributed by atoms with Crippen molar-refractivity contribution in [1.82, 2.24) is 14.5 Å². The first-order chi connectivity index (χ1) is 13.0. The Hall–Kier alpha value is -2.71. The molecule has 0 spiro atoms. The van der Waals surface area contributed by atoms with Gasteiger partial charge in [0.25, 0.3) is 0 Å². The minimum Gasteiger partial charge on any atom is -0.349 e. The SMILES string of the molecule is NS(=O)(=O)c1cccnc1N1CCc2c(ncn2CCc2ccccc2)C1. The van der Waals surface area contributed by atoms with Gasteiger partial charge in [-0.3, -0.25) is 0 Å². The average Bonchev–Trinajstić information content (AvgIpc) is 3.09. The molecule has 0 fully saturated rings. The van der Waals surface area contributed by atoms with Crippen molar-refractivity contribution >= 4 is 15.8 Å². The Bertz CT molecular complexity index is 1050. The molecule has 0 amide bonds. The van der Waals surface area contributed by atoms with Crippen LogP contribution in [0.3, 0.4) is 0 Å². The molecule has 2 N–H and O–H groups in total. The Morgan fingerprint density at radius 3 is 2.67 bits per heavy atom. The van der Waals surface area contributed by atoms with Gasteiger partial charge in [0, 0.05) is 31.4 Å². The van der Waals surface area contributed by atoms with E-state index in [4.69, 9.17) is 5.14 Å². The number of rotatable bonds is 5. The molecule has 0 bridgehead atoms. The van der Waals surface area contributed by atoms with Gasteiger partial charge < -0.3 is 9.47 Å². The Balaban J connectivity index is 1.53. The Morgan fingerprint density at radius 2 is 1.89 bits per heavy atom. The second kappa shape index (κ2) is 7.13. The molecule has 7 nitrogen and oxygen atoms in total. The van der Waals surface area contributed by atoms with E-state index in [1.807, 2.05) is 29.4 Å². The number of hydrogen-bond acceptors (Lipinski definition) is 5. The Morgan fingerprint density at radius 1 is 1.07 bits per heavy atom. The normalized spacial score (nSPS) is 14.2. The fourth-order valence-corrected chi connectivity index (χ4v) is 4.18. The average molecular weight is 383 g/mol. The van der Waals surface area contributed by atoms with Crippen LogP contribution in [0.1, 0.15) is 17.0 Å². The molecule has 0 unspecified atom stereocenters. The zero-order valence-electron chi connectivity index (χ0n) is 14.8. The van der Waals surface area contributed by atoms with E-state index in [-0.39, 0.29) is 4.90 Å². The standard InChI is InChI=1S/C19H21N5O2S/c20-27(25,26)18-7-4-10-21-19(18)23-12-9-17-16(13-23)22-14-24(17)11-8-15-5-2-1-3-6-15/h1-7,10,14H,8-9,11-13H2,(H2,20,25,26). The highest BCUT2D eigenvalue weighted by Gasteiger charge is 2.26. The number of aromatic nitrogens is 3. The summed E-state index contributed by atoms with van der Waals surface area (Å²) >= 11 is 0. The highest BCUT2D eigenvalue weighted by molar-refractivity contribution is 7.89. The second-order valence-corrected chi connectivity index (χ2v) is 8.14. The Labute approximate surface area is 158 Å². The highest BCUT2D eigenvalue weighted by atomic mass is 32.2. The summed E-state index contributed by atoms with van der Waals surface area (Å²) in [6.07, 6.45) is 5.18. The number of sulfonamides is 1. The smallest absolute Gasteiger partial charge is 0.241 e. The van der Waals surface area contributed by atoms with Gasteiger partial charge in [-0.05, 0) is 24.1 Å². The number of fused-ring (bicyclic) bond motifs is 1. The molecule has 0 atom stereocenters. The van der Waals surface area contributed by atoms with Crippen molar-refractivity contribution in [3.63, 3.8) is 0 Å². The second-order valence-electron chi connectivity index (χ2n) is 6.61. The quantitative estimate of drug-likeness (QED) is 0.724. The van der Waals surface area contributed by atoms with Gasteiger partial charge in [0.2, 0.25) is 10.0 Å². The number of imidazole rings is 1. The van der Waals surface area contributed by atoms with Crippen molar-refractivity contribution in [2.45, 2.75) is 30.8 Å². The predicted octanol–water partition coefficient (Wildman–Crippen LogP) is 1.73. The maximum atomic E-state index is 11.9. The molecule has 3 heterocycles. The number of anilines is 1. The molecule has 0 saturated heterocycles. The van der Waals surface area contributed by atoms with Crippen LogP contribution in [0, 0.1) is 0 Å². The first kappa shape index (κ1) is 17.7. The van der Waals surface area contributed by atoms with Crippen molar-refractivity contribution in [2.75, 3.05) is 11.4 Å². The van der Waals surface area contributed by atoms with Crippen molar-refractivity contribution in [1.29, 1.82) is 0 Å². The lowest BCUT2D eigenvalue weighted by Crippen LogP contribution is -2.33. The summed E-state index contributed by atoms with van der Waals surface area (Å²) in [6, 6.07) is 13.4. The lowest BCUT2D eigenvalue weighted by atomic mass is 10.1. The van der Waals surface area contributed by atoms with E-state index in [0.717, 1.165) is 25.1 Å². The van der Waals surface area contributed by atoms with Gasteiger partial charge in [-0.15, -0.1) is 0 Å². The maximum Gasteiger partial charge on any atom is 0.241 e. The monoisotopic (exact) mass is 383 g/mol. The minimum absolute atomic E-state index is 0.0527. The molecule has 140 valence electrons. The number of primary sulfonamides is 1. The van der Waals surface area contributed by atoms with E-state index in [1.54, 1.807) is 12.3 Å². The van der Waals surface area contributed by atoms with Gasteiger partial charge in [0.15, 0.2) is 0 Å². The lowest BCUT2D eigenvalue weighted by molar-refractivity contribution is 0.594. The van der Waals surface area contributed by atoms with Crippen molar-refractivity contribution in [2.24, 2.45) is 5.14 Å². The first-order valence-corrected chi connectivity index (χ1v) is 10.4. The van der Waals surface area contributed by atoms with Crippen LogP contribution in [-0.2, 0) is 36.0 Å². The molecule has 0 radical (unpaired) electrons. The van der Waals surface area contributed by atoms with Crippen LogP contribution in [0.2, 0.25) is 0 Å². The van der Waals surface area contributed by atoms with Crippen LogP contribution in [-0.4, -0.2) is 29.5 Å². The topological polar surface area (TPSA) is 94.1 Å². The van der Waals surface area contributed by atoms with Gasteiger partial charge in [0.05, 0.1) is 18.6 Å². The number of aryl methyl sites for hydroxylation is 2. The number of hydrogen-bond donors (Lipinski definition) is 1. The third kappa shape index (κ3) is 3.72. The number of nitrogens with two attached hydrogens (primary N) is 1. The fraction of sp³-hybridized carbons (Fsp3) is 0.263. The molecule has 1 aliphatic heterocycles. The molecule has 1 aliphatic rings. The lowest BCUT2D eigenvalue weighted by Gasteiger charge is -2.29. The predicted molar refractivity (Wildman–Crippen MR) is 103 cm³/mol. The van der Waals surface area contributed by atoms with E-state index in [0.29, 0.717) is 18.9 Å². The third-order valence-corrected chi connectivity index (χ3v) is 5.76. The van der Waals surface area contributed by atoms with Crippen LogP contribution in [0.4, 0.5) is 5.82 Å². The molecule has 4 rings (SSSR count). The largest absolute Gasteiger partial charge is 0.349 e. The molecule has 0 aliphatic carbocycles. The summed E-state index contributed by atoms with van der Waals surface area (Å²) in [5.74, 6) is 0.393. The van der Waals surface area contributed by atoms with E-state index in [2.05, 4.69) is 26.7 Å². The van der Waals surface area contributed by atoms with Gasteiger partial charge in [0.1, 0.15) is 10.7 Å². The molecule has 2 aromatic heterocycles. The molecule has 3 aromatic rings. The van der Waals surface area contributed by atoms with Gasteiger partial charge in [-0.1, -0.05) is 30.3 Å². The number of benzene rings is 1. The summed E-state index contributed by atoms with van der Waals surface area (Å²) in [5.41, 5.74) is 3.46. The van der Waals surface area contributed by atoms with E-state index >= 15 is 0 Å². The molecular weight excluding hydrogens is 362 g/mol. The summed E-state index contributed by atoms with van der Waals surface area (Å²) in [7, 11) is -3.82. The van der Waals surface area contributed by atoms with Crippen molar-refractivity contribution in [3.8, 4) is 0 Å². The maximum absolute atomic E-state index is 11.9. The van der Waals surface area contributed by atoms with Crippen molar-refractivity contribution < 1.29 is 8.42 Å². The summed E-state index contributed by atoms with van der Waals surface area (Å²) < 4.78 is 25.9. The van der Waals surface area contributed by atoms with Gasteiger partial charge >= 0.3 is 0 Å². The van der Waals surface area contributed by atoms with E-state index < -0.39 is 10.0 Å². The molecule has 0 saturated carbocycles. The summed E-state index contributed by atoms with van der Waals surface area (Å²) in [6.45, 7) is 2.06. The zero-order chi connectivity index (χ0) is 18.9. The first-order valence-electron chi connectivity index (χ1n) is 8.82. The van der Waals surface area contributed by atoms with E-state index in [9.17, 15) is 8.42 Å². The van der Waals surface area contributed by atoms with Crippen LogP contribution in [0.15, 0.2) is 59.9 Å². The van der Waals surface area contributed by atoms with Crippen LogP contribution in [0.25, 0.3) is 0 Å².